The number of nitrogens with zero attached hydrogens (tertiary/aromatic N) is 2. The summed E-state index contributed by atoms with van der Waals surface area (Å²) in [5.41, 5.74) is 3.09. The number of nitrogens with one attached hydrogen (secondary N) is 1. The quantitative estimate of drug-likeness (QED) is 0.656. The number of para-hydroxylation sites is 1. The number of carbonyl (C=O) groups is 1. The lowest BCUT2D eigenvalue weighted by molar-refractivity contribution is 0.0942. The van der Waals surface area contributed by atoms with Crippen molar-refractivity contribution in [3.05, 3.63) is 35.5 Å². The third-order valence-electron chi connectivity index (χ3n) is 5.01. The van der Waals surface area contributed by atoms with E-state index in [0.29, 0.717) is 0 Å². The second-order valence-electron chi connectivity index (χ2n) is 6.63. The molecule has 0 fully saturated rings. The van der Waals surface area contributed by atoms with Crippen molar-refractivity contribution in [1.29, 1.82) is 0 Å². The lowest BCUT2D eigenvalue weighted by Gasteiger charge is -2.18. The molecule has 0 saturated carbocycles. The molecule has 0 atom stereocenters. The van der Waals surface area contributed by atoms with Crippen LogP contribution in [0.25, 0.3) is 10.9 Å². The Labute approximate surface area is 152 Å². The van der Waals surface area contributed by atoms with Gasteiger partial charge in [-0.15, -0.1) is 0 Å². The van der Waals surface area contributed by atoms with Crippen molar-refractivity contribution < 1.29 is 4.79 Å². The normalized spacial score (nSPS) is 11.4. The molecule has 1 aromatic heterocycles. The SMILES string of the molecule is CCCCn1c(C(=O)NCCCN(CC)CC)c(C)c2ccccc21. The Morgan fingerprint density at radius 3 is 2.52 bits per heavy atom. The first-order valence-electron chi connectivity index (χ1n) is 9.72. The van der Waals surface area contributed by atoms with Gasteiger partial charge < -0.3 is 14.8 Å². The molecule has 0 radical (unpaired) electrons. The molecule has 0 spiro atoms. The molecule has 0 unspecified atom stereocenters. The zero-order valence-corrected chi connectivity index (χ0v) is 16.3. The maximum Gasteiger partial charge on any atom is 0.268 e. The molecule has 25 heavy (non-hydrogen) atoms. The van der Waals surface area contributed by atoms with Crippen LogP contribution in [0.2, 0.25) is 0 Å². The number of rotatable bonds is 10. The molecule has 0 aliphatic rings. The fourth-order valence-corrected chi connectivity index (χ4v) is 3.45. The summed E-state index contributed by atoms with van der Waals surface area (Å²) < 4.78 is 2.20. The summed E-state index contributed by atoms with van der Waals surface area (Å²) in [5, 5.41) is 4.32. The van der Waals surface area contributed by atoms with Crippen LogP contribution in [0.4, 0.5) is 0 Å². The van der Waals surface area contributed by atoms with E-state index >= 15 is 0 Å². The van der Waals surface area contributed by atoms with Crippen molar-refractivity contribution >= 4 is 16.8 Å². The van der Waals surface area contributed by atoms with Crippen LogP contribution >= 0.6 is 0 Å². The minimum Gasteiger partial charge on any atom is -0.351 e. The summed E-state index contributed by atoms with van der Waals surface area (Å²) in [6.07, 6.45) is 3.19. The summed E-state index contributed by atoms with van der Waals surface area (Å²) in [7, 11) is 0. The Morgan fingerprint density at radius 2 is 1.84 bits per heavy atom. The van der Waals surface area contributed by atoms with Crippen LogP contribution in [0.15, 0.2) is 24.3 Å². The number of aryl methyl sites for hydroxylation is 2. The predicted molar refractivity (Wildman–Crippen MR) is 106 cm³/mol. The van der Waals surface area contributed by atoms with Gasteiger partial charge in [-0.3, -0.25) is 4.79 Å². The van der Waals surface area contributed by atoms with E-state index < -0.39 is 0 Å². The number of unbranched alkanes of at least 4 members (excludes halogenated alkanes) is 1. The third-order valence-corrected chi connectivity index (χ3v) is 5.01. The van der Waals surface area contributed by atoms with Gasteiger partial charge in [0.05, 0.1) is 0 Å². The van der Waals surface area contributed by atoms with Crippen molar-refractivity contribution in [2.24, 2.45) is 0 Å². The second-order valence-corrected chi connectivity index (χ2v) is 6.63. The molecule has 0 aliphatic carbocycles. The molecule has 1 aromatic carbocycles. The summed E-state index contributed by atoms with van der Waals surface area (Å²) in [4.78, 5) is 15.2. The van der Waals surface area contributed by atoms with Gasteiger partial charge in [0, 0.05) is 24.0 Å². The summed E-state index contributed by atoms with van der Waals surface area (Å²) in [6, 6.07) is 8.33. The van der Waals surface area contributed by atoms with Gasteiger partial charge in [0.25, 0.3) is 5.91 Å². The standard InChI is InChI=1S/C21H33N3O/c1-5-8-16-24-19-13-10-9-12-18(19)17(4)20(24)21(25)22-14-11-15-23(6-2)7-3/h9-10,12-13H,5-8,11,14-16H2,1-4H3,(H,22,25). The van der Waals surface area contributed by atoms with E-state index in [4.69, 9.17) is 0 Å². The first-order chi connectivity index (χ1) is 12.1. The number of benzene rings is 1. The first kappa shape index (κ1) is 19.5. The van der Waals surface area contributed by atoms with Gasteiger partial charge >= 0.3 is 0 Å². The van der Waals surface area contributed by atoms with Gasteiger partial charge in [0.1, 0.15) is 5.69 Å². The average Bonchev–Trinajstić information content (AvgIpc) is 2.92. The van der Waals surface area contributed by atoms with Crippen LogP contribution in [0.3, 0.4) is 0 Å². The lowest BCUT2D eigenvalue weighted by atomic mass is 10.1. The van der Waals surface area contributed by atoms with E-state index in [1.165, 1.54) is 10.9 Å². The zero-order valence-electron chi connectivity index (χ0n) is 16.3. The third kappa shape index (κ3) is 4.63. The van der Waals surface area contributed by atoms with E-state index in [0.717, 1.165) is 63.2 Å². The van der Waals surface area contributed by atoms with E-state index in [2.05, 4.69) is 60.7 Å². The molecule has 2 aromatic rings. The van der Waals surface area contributed by atoms with Crippen LogP contribution in [0, 0.1) is 6.92 Å². The fourth-order valence-electron chi connectivity index (χ4n) is 3.45. The highest BCUT2D eigenvalue weighted by molar-refractivity contribution is 6.01. The van der Waals surface area contributed by atoms with Gasteiger partial charge in [0.2, 0.25) is 0 Å². The predicted octanol–water partition coefficient (Wildman–Crippen LogP) is 4.21. The molecule has 1 heterocycles. The zero-order chi connectivity index (χ0) is 18.2. The van der Waals surface area contributed by atoms with Gasteiger partial charge in [-0.05, 0) is 51.0 Å². The Bertz CT molecular complexity index is 686. The van der Waals surface area contributed by atoms with Crippen molar-refractivity contribution in [3.63, 3.8) is 0 Å². The van der Waals surface area contributed by atoms with Crippen LogP contribution in [0.5, 0.6) is 0 Å². The minimum atomic E-state index is 0.0596. The van der Waals surface area contributed by atoms with Crippen LogP contribution < -0.4 is 5.32 Å². The van der Waals surface area contributed by atoms with E-state index in [1.54, 1.807) is 0 Å². The van der Waals surface area contributed by atoms with Crippen molar-refractivity contribution in [3.8, 4) is 0 Å². The lowest BCUT2D eigenvalue weighted by Crippen LogP contribution is -2.31. The van der Waals surface area contributed by atoms with Crippen molar-refractivity contribution in [2.45, 2.75) is 53.5 Å². The highest BCUT2D eigenvalue weighted by atomic mass is 16.1. The maximum absolute atomic E-state index is 12.9. The number of hydrogen-bond donors (Lipinski definition) is 1. The molecule has 2 rings (SSSR count). The molecule has 0 saturated heterocycles. The number of hydrogen-bond acceptors (Lipinski definition) is 2. The minimum absolute atomic E-state index is 0.0596. The second kappa shape index (κ2) is 9.62. The maximum atomic E-state index is 12.9. The average molecular weight is 344 g/mol. The summed E-state index contributed by atoms with van der Waals surface area (Å²) >= 11 is 0. The Morgan fingerprint density at radius 1 is 1.12 bits per heavy atom. The van der Waals surface area contributed by atoms with Gasteiger partial charge in [0.15, 0.2) is 0 Å². The van der Waals surface area contributed by atoms with E-state index in [1.807, 2.05) is 6.07 Å². The number of carbonyl (C=O) groups excluding carboxylic acids is 1. The van der Waals surface area contributed by atoms with Crippen molar-refractivity contribution in [1.82, 2.24) is 14.8 Å². The fraction of sp³-hybridized carbons (Fsp3) is 0.571. The number of aromatic nitrogens is 1. The monoisotopic (exact) mass is 343 g/mol. The molecule has 4 nitrogen and oxygen atoms in total. The molecule has 0 aliphatic heterocycles. The van der Waals surface area contributed by atoms with Gasteiger partial charge in [-0.2, -0.15) is 0 Å². The molecular formula is C21H33N3O. The molecule has 1 amide bonds. The molecular weight excluding hydrogens is 310 g/mol. The molecule has 138 valence electrons. The number of fused-ring (bicyclic) bond motifs is 1. The van der Waals surface area contributed by atoms with Crippen LogP contribution in [-0.2, 0) is 6.54 Å². The highest BCUT2D eigenvalue weighted by Gasteiger charge is 2.19. The van der Waals surface area contributed by atoms with Crippen LogP contribution in [-0.4, -0.2) is 41.6 Å². The Hall–Kier alpha value is -1.81. The smallest absolute Gasteiger partial charge is 0.268 e. The largest absolute Gasteiger partial charge is 0.351 e. The van der Waals surface area contributed by atoms with E-state index in [-0.39, 0.29) is 5.91 Å². The van der Waals surface area contributed by atoms with Gasteiger partial charge in [-0.1, -0.05) is 45.4 Å². The number of amides is 1. The Kier molecular flexibility index (Phi) is 7.51. The first-order valence-corrected chi connectivity index (χ1v) is 9.72. The molecule has 1 N–H and O–H groups in total. The van der Waals surface area contributed by atoms with E-state index in [9.17, 15) is 4.79 Å². The summed E-state index contributed by atoms with van der Waals surface area (Å²) in [6.45, 7) is 13.4. The molecule has 4 heteroatoms. The molecule has 0 bridgehead atoms. The van der Waals surface area contributed by atoms with Crippen LogP contribution in [0.1, 0.15) is 56.1 Å². The summed E-state index contributed by atoms with van der Waals surface area (Å²) in [5.74, 6) is 0.0596. The topological polar surface area (TPSA) is 37.3 Å². The Balaban J connectivity index is 2.12. The van der Waals surface area contributed by atoms with Crippen molar-refractivity contribution in [2.75, 3.05) is 26.2 Å². The highest BCUT2D eigenvalue weighted by Crippen LogP contribution is 2.26. The van der Waals surface area contributed by atoms with Gasteiger partial charge in [-0.25, -0.2) is 0 Å².